The van der Waals surface area contributed by atoms with E-state index in [9.17, 15) is 53.7 Å². The van der Waals surface area contributed by atoms with E-state index < -0.39 is 66.4 Å². The number of benzene rings is 1. The summed E-state index contributed by atoms with van der Waals surface area (Å²) in [6, 6.07) is 1.51. The number of hydrogen-bond donors (Lipinski definition) is 7. The van der Waals surface area contributed by atoms with E-state index in [0.717, 1.165) is 0 Å². The number of nitrogens with two attached hydrogens (primary N) is 2. The average molecular weight is 1450 g/mol. The molecule has 12 atom stereocenters. The minimum atomic E-state index is -0.926. The van der Waals surface area contributed by atoms with Gasteiger partial charge in [-0.1, -0.05) is 118 Å². The number of primary amides is 2. The third kappa shape index (κ3) is 28.6. The first kappa shape index (κ1) is 90.2. The van der Waals surface area contributed by atoms with Crippen LogP contribution in [-0.2, 0) is 63.8 Å². The van der Waals surface area contributed by atoms with Crippen molar-refractivity contribution in [2.45, 2.75) is 144 Å². The van der Waals surface area contributed by atoms with Crippen molar-refractivity contribution in [3.8, 4) is 11.5 Å². The molecule has 0 fully saturated rings. The summed E-state index contributed by atoms with van der Waals surface area (Å²) in [4.78, 5) is 111. The Hall–Kier alpha value is -5.78. The van der Waals surface area contributed by atoms with E-state index in [0.29, 0.717) is 76.1 Å². The van der Waals surface area contributed by atoms with E-state index in [1.54, 1.807) is 76.3 Å². The van der Waals surface area contributed by atoms with Crippen molar-refractivity contribution in [3.63, 3.8) is 0 Å². The second-order valence-electron chi connectivity index (χ2n) is 23.4. The number of methoxy groups -OCH3 is 2. The molecule has 28 heteroatoms. The van der Waals surface area contributed by atoms with Crippen LogP contribution in [0.2, 0.25) is 0 Å². The maximum absolute atomic E-state index is 13.6. The van der Waals surface area contributed by atoms with Crippen molar-refractivity contribution in [1.29, 1.82) is 0 Å². The number of fused-ring (bicyclic) bond motifs is 6. The number of carbonyl (C=O) groups is 9. The second kappa shape index (κ2) is 45.7. The third-order valence-electron chi connectivity index (χ3n) is 15.7. The molecule has 0 unspecified atom stereocenters. The maximum Gasteiger partial charge on any atom is 1.00 e. The van der Waals surface area contributed by atoms with Gasteiger partial charge in [-0.05, 0) is 101 Å². The molecule has 5 rings (SSSR count). The molecule has 96 heavy (non-hydrogen) atoms. The van der Waals surface area contributed by atoms with E-state index in [1.165, 1.54) is 31.3 Å². The number of nitrogens with one attached hydrogen (secondary N) is 2. The van der Waals surface area contributed by atoms with Crippen LogP contribution in [0.25, 0.3) is 0 Å². The van der Waals surface area contributed by atoms with Gasteiger partial charge in [0.25, 0.3) is 24.2 Å². The van der Waals surface area contributed by atoms with Gasteiger partial charge in [0.1, 0.15) is 23.7 Å². The Morgan fingerprint density at radius 1 is 0.792 bits per heavy atom. The molecular weight excluding hydrogens is 1350 g/mol. The largest absolute Gasteiger partial charge is 1.00 e. The normalized spacial score (nSPS) is 28.1. The van der Waals surface area contributed by atoms with Gasteiger partial charge in [0.15, 0.2) is 12.4 Å². The zero-order valence-corrected chi connectivity index (χ0v) is 63.8. The first-order valence-electron chi connectivity index (χ1n) is 30.3. The van der Waals surface area contributed by atoms with Gasteiger partial charge in [0.05, 0.1) is 46.8 Å². The molecule has 0 saturated heterocycles. The number of ketones is 2. The summed E-state index contributed by atoms with van der Waals surface area (Å²) in [6.07, 6.45) is 14.2. The molecular formula is C68H93BrClN5Na2O19. The van der Waals surface area contributed by atoms with Gasteiger partial charge in [-0.3, -0.25) is 33.6 Å². The molecule has 1 aliphatic carbocycles. The predicted octanol–water partition coefficient (Wildman–Crippen LogP) is 2.48. The maximum atomic E-state index is 13.6. The van der Waals surface area contributed by atoms with Crippen molar-refractivity contribution >= 4 is 92.1 Å². The second-order valence-corrected chi connectivity index (χ2v) is 24.3. The van der Waals surface area contributed by atoms with Crippen LogP contribution < -0.4 is 96.1 Å². The number of nitrogens with zero attached hydrogens (tertiary/aromatic N) is 1. The average Bonchev–Trinajstić information content (AvgIpc) is 0.837. The molecule has 24 nitrogen and oxygen atoms in total. The molecule has 9 N–H and O–H groups in total. The van der Waals surface area contributed by atoms with Crippen LogP contribution >= 0.6 is 27.5 Å². The van der Waals surface area contributed by atoms with E-state index in [4.69, 9.17) is 56.8 Å². The summed E-state index contributed by atoms with van der Waals surface area (Å²) in [5, 5.41) is 47.7. The minimum Gasteiger partial charge on any atom is -1.00 e. The van der Waals surface area contributed by atoms with E-state index in [1.807, 2.05) is 53.7 Å². The number of amides is 5. The number of Topliss-reactive ketones (excluding diaryl/α,β-unsaturated/α-hetero) is 1. The minimum absolute atomic E-state index is 0. The van der Waals surface area contributed by atoms with Crippen LogP contribution in [0.5, 0.6) is 11.5 Å². The van der Waals surface area contributed by atoms with Crippen molar-refractivity contribution in [3.05, 3.63) is 131 Å². The number of ether oxygens (including phenoxy) is 5. The van der Waals surface area contributed by atoms with Crippen LogP contribution in [-0.4, -0.2) is 138 Å². The van der Waals surface area contributed by atoms with E-state index in [2.05, 4.69) is 44.6 Å². The number of phenols is 1. The van der Waals surface area contributed by atoms with E-state index >= 15 is 0 Å². The van der Waals surface area contributed by atoms with Gasteiger partial charge in [0, 0.05) is 84.4 Å². The van der Waals surface area contributed by atoms with Crippen LogP contribution in [0.1, 0.15) is 108 Å². The van der Waals surface area contributed by atoms with Crippen molar-refractivity contribution in [1.82, 2.24) is 5.32 Å². The smallest absolute Gasteiger partial charge is 1.00 e. The zero-order chi connectivity index (χ0) is 71.3. The summed E-state index contributed by atoms with van der Waals surface area (Å²) in [6.45, 7) is 25.4. The summed E-state index contributed by atoms with van der Waals surface area (Å²) in [5.41, 5.74) is 14.5. The number of aliphatic hydroxyl groups is 2. The number of halogens is 2. The van der Waals surface area contributed by atoms with Crippen LogP contribution in [0.15, 0.2) is 125 Å². The van der Waals surface area contributed by atoms with Crippen molar-refractivity contribution in [2.24, 2.45) is 47.0 Å². The molecule has 0 saturated carbocycles. The Morgan fingerprint density at radius 3 is 1.67 bits per heavy atom. The van der Waals surface area contributed by atoms with Gasteiger partial charge in [0.2, 0.25) is 11.0 Å². The van der Waals surface area contributed by atoms with Gasteiger partial charge in [-0.2, -0.15) is 0 Å². The molecule has 1 aromatic rings. The van der Waals surface area contributed by atoms with Crippen LogP contribution in [0.3, 0.4) is 0 Å². The molecule has 3 heterocycles. The zero-order valence-electron chi connectivity index (χ0n) is 58.4. The molecule has 5 amide bonds. The quantitative estimate of drug-likeness (QED) is 0.0193. The summed E-state index contributed by atoms with van der Waals surface area (Å²) in [7, 11) is 3.04. The summed E-state index contributed by atoms with van der Waals surface area (Å²) < 4.78 is 28.0. The number of carbonyl (C=O) groups excluding carboxylic acids is 9. The fourth-order valence-electron chi connectivity index (χ4n) is 10.9. The Kier molecular flexibility index (Phi) is 43.0. The molecule has 0 spiro atoms. The number of hydrogen-bond acceptors (Lipinski definition) is 19. The van der Waals surface area contributed by atoms with Gasteiger partial charge < -0.3 is 77.6 Å². The number of rotatable bonds is 11. The summed E-state index contributed by atoms with van der Waals surface area (Å²) in [5.74, 6) is -3.51. The van der Waals surface area contributed by atoms with E-state index in [-0.39, 0.29) is 168 Å². The summed E-state index contributed by atoms with van der Waals surface area (Å²) >= 11 is 7.61. The number of anilines is 2. The Labute approximate surface area is 621 Å². The topological polar surface area (TPSA) is 372 Å². The number of aromatic hydroxyl groups is 1. The first-order valence-corrected chi connectivity index (χ1v) is 31.8. The molecule has 4 aliphatic rings. The number of allylic oxidation sites excluding steroid dienone is 8. The predicted molar refractivity (Wildman–Crippen MR) is 359 cm³/mol. The van der Waals surface area contributed by atoms with Crippen LogP contribution in [0, 0.1) is 35.5 Å². The fourth-order valence-corrected chi connectivity index (χ4v) is 10.9. The van der Waals surface area contributed by atoms with Crippen LogP contribution in [0.4, 0.5) is 21.0 Å². The monoisotopic (exact) mass is 1440 g/mol. The molecule has 0 aromatic heterocycles. The molecule has 1 aromatic carbocycles. The Bertz CT molecular complexity index is 3170. The fraction of sp³-hybridized carbons (Fsp3) is 0.485. The Balaban J connectivity index is 0. The SMILES string of the molecule is C=CCCC1=C2C[C@@H](C)C[C@H](OC)[C@H](O)[C@@H](C)/C=C(\C)[C@H](OC(N)=O)[C@@H](C)/C=C\C=C(/C)C(=O)NC(=CC1=O)C2=O.C=CCN1C(=O)COc2cc3c(O)c(c21)C[C@@H](C)C[C@H](OC)[C@H](O)[C@@H](C)/C=C(\C)[C@H](OC(N)=O)[C@@H](C)/C=C\C=C(/C)C(=O)N3.O=C(Cl)CBr.O=CO[O-].[H-].[Na+].[Na+]. The number of phenolic OH excluding ortho intramolecular Hbond substituents is 1. The van der Waals surface area contributed by atoms with Gasteiger partial charge in [-0.15, -0.1) is 13.2 Å². The molecule has 3 aliphatic heterocycles. The van der Waals surface area contributed by atoms with Gasteiger partial charge in [-0.25, -0.2) is 9.59 Å². The third-order valence-corrected chi connectivity index (χ3v) is 16.7. The van der Waals surface area contributed by atoms with Gasteiger partial charge >= 0.3 is 71.3 Å². The first-order chi connectivity index (χ1) is 44.3. The standard InChI is InChI=1S/C33H45N3O8.C32H44N2O7.C2H2BrClO.CH2O3.2Na.H/c1-8-12-36-27(37)17-43-25-16-24-30(39)23(28(25)36)13-18(2)14-26(42-7)29(38)21(5)15-22(6)31(44-33(34)41)19(3)10-9-11-20(4)32(40)35-24;1-8-9-13-23-24-14-18(2)15-27(40-7)28(36)21(5)16-22(6)30(41-32(33)39)19(3)11-10-12-20(4)31(38)34-25(29(24)37)17-26(23)35;3-1-2(4)5;2-1-4-3;;;/h8-11,15-16,18-19,21,26,29,31,38-39H,1,12-14,17H2,2-7H3,(H2,34,41)(H,35,40);8,10-12,16-19,21,27-28,30,36H,1,9,13-15H2,2-7H3,(H2,33,39)(H,34,38);1H2;1,3H;;;/q;;;;2*+1;-1/p-1/b10-9-,20-11+,22-15+;11-10-,20-12+,22-16+;;;;;/t18-,19+,21+,26+,29-,31-;18-,19+,21+,27+,28-,30-;;;;;/m11...../s1. The molecule has 0 radical (unpaired) electrons. The van der Waals surface area contributed by atoms with Crippen molar-refractivity contribution in [2.75, 3.05) is 42.9 Å². The molecule has 520 valence electrons. The van der Waals surface area contributed by atoms with Crippen molar-refractivity contribution < 1.29 is 153 Å². The Morgan fingerprint density at radius 2 is 1.25 bits per heavy atom. The molecule has 4 bridgehead atoms. The number of aliphatic hydroxyl groups excluding tert-OH is 2. The number of alkyl halides is 1.